The third-order valence-corrected chi connectivity index (χ3v) is 4.78. The highest BCUT2D eigenvalue weighted by molar-refractivity contribution is 6.00. The molecule has 0 aliphatic heterocycles. The summed E-state index contributed by atoms with van der Waals surface area (Å²) in [6.07, 6.45) is 10.00. The van der Waals surface area contributed by atoms with Gasteiger partial charge < -0.3 is 14.9 Å². The molecule has 2 N–H and O–H groups in total. The number of amides is 1. The number of methoxy groups -OCH3 is 1. The van der Waals surface area contributed by atoms with Gasteiger partial charge in [-0.15, -0.1) is 0 Å². The topological polar surface area (TPSA) is 65.5 Å². The zero-order valence-corrected chi connectivity index (χ0v) is 16.3. The lowest BCUT2D eigenvalue weighted by atomic mass is 9.93. The molecule has 28 heavy (non-hydrogen) atoms. The van der Waals surface area contributed by atoms with Crippen LogP contribution in [-0.4, -0.2) is 13.0 Å². The molecule has 0 bridgehead atoms. The van der Waals surface area contributed by atoms with Gasteiger partial charge in [-0.25, -0.2) is 0 Å². The molecule has 0 aliphatic carbocycles. The van der Waals surface area contributed by atoms with E-state index < -0.39 is 5.91 Å². The maximum Gasteiger partial charge on any atom is 0.252 e. The van der Waals surface area contributed by atoms with Crippen molar-refractivity contribution in [1.82, 2.24) is 0 Å². The lowest BCUT2D eigenvalue weighted by Gasteiger charge is -2.16. The standard InChI is InChI=1S/C24H25NO3/c1-3-4-7-17-8-5-6-9-18(17)10-11-19-12-13-21(20-14-15-28-16-20)23(27-2)22(19)24(25)26/h4-9,12-16H,3,10-11H2,1-2H3,(H2,25,26)/b7-4-. The number of hydrogen-bond acceptors (Lipinski definition) is 3. The van der Waals surface area contributed by atoms with Gasteiger partial charge in [-0.2, -0.15) is 0 Å². The number of rotatable bonds is 8. The highest BCUT2D eigenvalue weighted by Crippen LogP contribution is 2.35. The number of carbonyl (C=O) groups is 1. The fraction of sp³-hybridized carbons (Fsp3) is 0.208. The summed E-state index contributed by atoms with van der Waals surface area (Å²) >= 11 is 0. The molecule has 4 nitrogen and oxygen atoms in total. The van der Waals surface area contributed by atoms with Crippen LogP contribution in [-0.2, 0) is 12.8 Å². The quantitative estimate of drug-likeness (QED) is 0.584. The van der Waals surface area contributed by atoms with E-state index in [1.165, 1.54) is 11.1 Å². The van der Waals surface area contributed by atoms with Gasteiger partial charge in [0.15, 0.2) is 0 Å². The van der Waals surface area contributed by atoms with Crippen LogP contribution in [0.4, 0.5) is 0 Å². The van der Waals surface area contributed by atoms with Crippen molar-refractivity contribution in [1.29, 1.82) is 0 Å². The Labute approximate surface area is 165 Å². The van der Waals surface area contributed by atoms with E-state index in [9.17, 15) is 4.79 Å². The summed E-state index contributed by atoms with van der Waals surface area (Å²) in [5, 5.41) is 0. The molecule has 0 spiro atoms. The average Bonchev–Trinajstić information content (AvgIpc) is 3.24. The summed E-state index contributed by atoms with van der Waals surface area (Å²) in [7, 11) is 1.56. The molecule has 0 saturated heterocycles. The first kappa shape index (κ1) is 19.5. The summed E-state index contributed by atoms with van der Waals surface area (Å²) < 4.78 is 10.7. The highest BCUT2D eigenvalue weighted by Gasteiger charge is 2.20. The Bertz CT molecular complexity index is 972. The van der Waals surface area contributed by atoms with Gasteiger partial charge in [-0.3, -0.25) is 4.79 Å². The zero-order valence-electron chi connectivity index (χ0n) is 16.3. The minimum atomic E-state index is -0.489. The number of furan rings is 1. The molecule has 0 radical (unpaired) electrons. The fourth-order valence-electron chi connectivity index (χ4n) is 3.40. The number of carbonyl (C=O) groups excluding carboxylic acids is 1. The first-order valence-electron chi connectivity index (χ1n) is 9.42. The highest BCUT2D eigenvalue weighted by atomic mass is 16.5. The molecule has 0 aliphatic rings. The van der Waals surface area contributed by atoms with E-state index in [0.29, 0.717) is 17.7 Å². The Morgan fingerprint density at radius 2 is 1.89 bits per heavy atom. The van der Waals surface area contributed by atoms with Crippen molar-refractivity contribution in [2.24, 2.45) is 5.73 Å². The molecule has 1 aromatic heterocycles. The van der Waals surface area contributed by atoms with E-state index in [-0.39, 0.29) is 0 Å². The molecule has 3 aromatic rings. The number of aryl methyl sites for hydroxylation is 2. The minimum Gasteiger partial charge on any atom is -0.495 e. The third kappa shape index (κ3) is 4.17. The van der Waals surface area contributed by atoms with Gasteiger partial charge >= 0.3 is 0 Å². The van der Waals surface area contributed by atoms with Crippen LogP contribution in [0.3, 0.4) is 0 Å². The molecule has 0 saturated carbocycles. The van der Waals surface area contributed by atoms with Crippen molar-refractivity contribution in [2.45, 2.75) is 26.2 Å². The van der Waals surface area contributed by atoms with Gasteiger partial charge in [0.1, 0.15) is 5.75 Å². The first-order chi connectivity index (χ1) is 13.7. The third-order valence-electron chi connectivity index (χ3n) is 4.78. The van der Waals surface area contributed by atoms with Gasteiger partial charge in [-0.05, 0) is 42.0 Å². The van der Waals surface area contributed by atoms with Crippen molar-refractivity contribution in [3.63, 3.8) is 0 Å². The normalized spacial score (nSPS) is 11.1. The Balaban J connectivity index is 1.95. The molecule has 2 aromatic carbocycles. The predicted octanol–water partition coefficient (Wildman–Crippen LogP) is 5.26. The molecule has 144 valence electrons. The van der Waals surface area contributed by atoms with Crippen molar-refractivity contribution in [2.75, 3.05) is 7.11 Å². The molecular formula is C24H25NO3. The van der Waals surface area contributed by atoms with E-state index in [1.54, 1.807) is 19.6 Å². The first-order valence-corrected chi connectivity index (χ1v) is 9.42. The number of ether oxygens (including phenoxy) is 1. The second-order valence-electron chi connectivity index (χ2n) is 6.57. The maximum atomic E-state index is 12.3. The van der Waals surface area contributed by atoms with Gasteiger partial charge in [0.05, 0.1) is 25.2 Å². The van der Waals surface area contributed by atoms with Crippen molar-refractivity contribution < 1.29 is 13.9 Å². The van der Waals surface area contributed by atoms with E-state index >= 15 is 0 Å². The second kappa shape index (κ2) is 9.09. The van der Waals surface area contributed by atoms with Crippen LogP contribution in [0.25, 0.3) is 17.2 Å². The lowest BCUT2D eigenvalue weighted by molar-refractivity contribution is 0.0996. The molecular weight excluding hydrogens is 350 g/mol. The molecule has 0 atom stereocenters. The summed E-state index contributed by atoms with van der Waals surface area (Å²) in [4.78, 5) is 12.3. The maximum absolute atomic E-state index is 12.3. The van der Waals surface area contributed by atoms with E-state index in [1.807, 2.05) is 30.3 Å². The number of benzene rings is 2. The van der Waals surface area contributed by atoms with Crippen LogP contribution < -0.4 is 10.5 Å². The number of allylic oxidation sites excluding steroid dienone is 1. The van der Waals surface area contributed by atoms with Crippen molar-refractivity contribution in [3.8, 4) is 16.9 Å². The Kier molecular flexibility index (Phi) is 6.33. The monoisotopic (exact) mass is 375 g/mol. The zero-order chi connectivity index (χ0) is 19.9. The second-order valence-corrected chi connectivity index (χ2v) is 6.57. The molecule has 0 fully saturated rings. The van der Waals surface area contributed by atoms with Crippen LogP contribution in [0.1, 0.15) is 40.4 Å². The summed E-state index contributed by atoms with van der Waals surface area (Å²) in [5.41, 5.74) is 11.1. The summed E-state index contributed by atoms with van der Waals surface area (Å²) in [6, 6.07) is 14.0. The largest absolute Gasteiger partial charge is 0.495 e. The Hall–Kier alpha value is -3.27. The van der Waals surface area contributed by atoms with Gasteiger partial charge in [0, 0.05) is 11.1 Å². The molecule has 1 amide bonds. The van der Waals surface area contributed by atoms with Crippen molar-refractivity contribution in [3.05, 3.63) is 83.3 Å². The van der Waals surface area contributed by atoms with Crippen LogP contribution in [0.2, 0.25) is 0 Å². The summed E-state index contributed by atoms with van der Waals surface area (Å²) in [6.45, 7) is 2.12. The van der Waals surface area contributed by atoms with Crippen LogP contribution in [0.5, 0.6) is 5.75 Å². The molecule has 3 rings (SSSR count). The molecule has 4 heteroatoms. The van der Waals surface area contributed by atoms with E-state index in [4.69, 9.17) is 14.9 Å². The van der Waals surface area contributed by atoms with E-state index in [2.05, 4.69) is 31.2 Å². The number of nitrogens with two attached hydrogens (primary N) is 1. The summed E-state index contributed by atoms with van der Waals surface area (Å²) in [5.74, 6) is 0.00178. The van der Waals surface area contributed by atoms with E-state index in [0.717, 1.165) is 29.5 Å². The van der Waals surface area contributed by atoms with Crippen LogP contribution in [0, 0.1) is 0 Å². The Morgan fingerprint density at radius 1 is 1.11 bits per heavy atom. The molecule has 1 heterocycles. The van der Waals surface area contributed by atoms with Gasteiger partial charge in [0.2, 0.25) is 0 Å². The average molecular weight is 375 g/mol. The number of hydrogen-bond donors (Lipinski definition) is 1. The van der Waals surface area contributed by atoms with Crippen molar-refractivity contribution >= 4 is 12.0 Å². The Morgan fingerprint density at radius 3 is 2.57 bits per heavy atom. The number of primary amides is 1. The SMILES string of the molecule is CC/C=C\c1ccccc1CCc1ccc(-c2ccoc2)c(OC)c1C(N)=O. The fourth-order valence-corrected chi connectivity index (χ4v) is 3.40. The van der Waals surface area contributed by atoms with Gasteiger partial charge in [-0.1, -0.05) is 55.5 Å². The molecule has 0 unspecified atom stereocenters. The lowest BCUT2D eigenvalue weighted by Crippen LogP contribution is -2.16. The smallest absolute Gasteiger partial charge is 0.252 e. The predicted molar refractivity (Wildman–Crippen MR) is 112 cm³/mol. The van der Waals surface area contributed by atoms with Gasteiger partial charge in [0.25, 0.3) is 5.91 Å². The van der Waals surface area contributed by atoms with Crippen LogP contribution in [0.15, 0.2) is 65.5 Å². The minimum absolute atomic E-state index is 0.433. The van der Waals surface area contributed by atoms with Crippen LogP contribution >= 0.6 is 0 Å².